The van der Waals surface area contributed by atoms with Crippen LogP contribution in [0.2, 0.25) is 0 Å². The topological polar surface area (TPSA) is 64.4 Å². The van der Waals surface area contributed by atoms with Crippen molar-refractivity contribution in [3.05, 3.63) is 84.1 Å². The van der Waals surface area contributed by atoms with Gasteiger partial charge in [-0.05, 0) is 35.4 Å². The number of benzene rings is 3. The van der Waals surface area contributed by atoms with E-state index in [9.17, 15) is 4.79 Å². The molecular formula is C23H20N2O3. The Morgan fingerprint density at radius 2 is 1.79 bits per heavy atom. The van der Waals surface area contributed by atoms with Crippen LogP contribution in [0, 0.1) is 0 Å². The van der Waals surface area contributed by atoms with E-state index in [4.69, 9.17) is 9.26 Å². The molecule has 1 aromatic heterocycles. The summed E-state index contributed by atoms with van der Waals surface area (Å²) in [7, 11) is 1.59. The van der Waals surface area contributed by atoms with Crippen molar-refractivity contribution < 1.29 is 14.1 Å². The van der Waals surface area contributed by atoms with E-state index in [0.29, 0.717) is 11.5 Å². The highest BCUT2D eigenvalue weighted by atomic mass is 16.5. The molecule has 28 heavy (non-hydrogen) atoms. The highest BCUT2D eigenvalue weighted by molar-refractivity contribution is 5.94. The van der Waals surface area contributed by atoms with E-state index < -0.39 is 0 Å². The molecule has 0 radical (unpaired) electrons. The van der Waals surface area contributed by atoms with Crippen molar-refractivity contribution in [2.75, 3.05) is 7.11 Å². The van der Waals surface area contributed by atoms with Crippen LogP contribution >= 0.6 is 0 Å². The first-order valence-electron chi connectivity index (χ1n) is 9.06. The number of nitrogens with zero attached hydrogens (tertiary/aromatic N) is 1. The number of rotatable bonds is 5. The molecule has 4 aromatic rings. The minimum Gasteiger partial charge on any atom is -0.496 e. The molecule has 4 rings (SSSR count). The maximum absolute atomic E-state index is 12.7. The quantitative estimate of drug-likeness (QED) is 0.536. The van der Waals surface area contributed by atoms with Gasteiger partial charge in [-0.15, -0.1) is 0 Å². The van der Waals surface area contributed by atoms with Gasteiger partial charge in [-0.3, -0.25) is 4.79 Å². The van der Waals surface area contributed by atoms with Crippen molar-refractivity contribution >= 4 is 16.7 Å². The molecule has 1 N–H and O–H groups in total. The number of methoxy groups -OCH3 is 1. The number of ether oxygens (including phenoxy) is 1. The van der Waals surface area contributed by atoms with E-state index in [-0.39, 0.29) is 17.6 Å². The van der Waals surface area contributed by atoms with Gasteiger partial charge in [-0.1, -0.05) is 59.8 Å². The van der Waals surface area contributed by atoms with Crippen LogP contribution in [0.1, 0.15) is 29.0 Å². The number of hydrogen-bond donors (Lipinski definition) is 1. The maximum atomic E-state index is 12.7. The first kappa shape index (κ1) is 17.8. The maximum Gasteiger partial charge on any atom is 0.273 e. The average molecular weight is 372 g/mol. The highest BCUT2D eigenvalue weighted by Crippen LogP contribution is 2.30. The van der Waals surface area contributed by atoms with Gasteiger partial charge in [-0.2, -0.15) is 0 Å². The Kier molecular flexibility index (Phi) is 4.81. The lowest BCUT2D eigenvalue weighted by molar-refractivity contribution is 0.0931. The molecule has 140 valence electrons. The smallest absolute Gasteiger partial charge is 0.273 e. The second kappa shape index (κ2) is 7.56. The number of amides is 1. The summed E-state index contributed by atoms with van der Waals surface area (Å²) in [5, 5.41) is 9.20. The van der Waals surface area contributed by atoms with Gasteiger partial charge in [-0.25, -0.2) is 0 Å². The summed E-state index contributed by atoms with van der Waals surface area (Å²) in [6.45, 7) is 1.96. The van der Waals surface area contributed by atoms with Gasteiger partial charge in [0.15, 0.2) is 11.5 Å². The van der Waals surface area contributed by atoms with Crippen LogP contribution in [-0.2, 0) is 0 Å². The molecule has 0 bridgehead atoms. The summed E-state index contributed by atoms with van der Waals surface area (Å²) in [6, 6.07) is 23.1. The monoisotopic (exact) mass is 372 g/mol. The molecule has 3 aromatic carbocycles. The molecule has 0 fully saturated rings. The van der Waals surface area contributed by atoms with Crippen LogP contribution in [0.4, 0.5) is 0 Å². The van der Waals surface area contributed by atoms with Crippen molar-refractivity contribution in [3.63, 3.8) is 0 Å². The molecule has 5 nitrogen and oxygen atoms in total. The van der Waals surface area contributed by atoms with Gasteiger partial charge in [0.05, 0.1) is 18.7 Å². The minimum atomic E-state index is -0.287. The normalized spacial score (nSPS) is 11.9. The Balaban J connectivity index is 1.56. The fourth-order valence-electron chi connectivity index (χ4n) is 3.33. The summed E-state index contributed by atoms with van der Waals surface area (Å²) in [5.74, 6) is 0.862. The molecular weight excluding hydrogens is 352 g/mol. The number of para-hydroxylation sites is 1. The lowest BCUT2D eigenvalue weighted by Crippen LogP contribution is -2.27. The van der Waals surface area contributed by atoms with Gasteiger partial charge in [0, 0.05) is 6.07 Å². The zero-order chi connectivity index (χ0) is 19.5. The molecule has 5 heteroatoms. The molecule has 0 aliphatic rings. The number of nitrogens with one attached hydrogen (secondary N) is 1. The van der Waals surface area contributed by atoms with E-state index >= 15 is 0 Å². The first-order valence-corrected chi connectivity index (χ1v) is 9.06. The molecule has 0 saturated heterocycles. The van der Waals surface area contributed by atoms with Gasteiger partial charge < -0.3 is 14.6 Å². The third kappa shape index (κ3) is 3.34. The van der Waals surface area contributed by atoms with Crippen molar-refractivity contribution in [3.8, 4) is 17.1 Å². The van der Waals surface area contributed by atoms with E-state index in [1.807, 2.05) is 55.5 Å². The third-order valence-corrected chi connectivity index (χ3v) is 4.75. The fraction of sp³-hybridized carbons (Fsp3) is 0.130. The lowest BCUT2D eigenvalue weighted by Gasteiger charge is -2.15. The third-order valence-electron chi connectivity index (χ3n) is 4.75. The van der Waals surface area contributed by atoms with Gasteiger partial charge >= 0.3 is 0 Å². The van der Waals surface area contributed by atoms with Crippen LogP contribution in [0.5, 0.6) is 5.75 Å². The highest BCUT2D eigenvalue weighted by Gasteiger charge is 2.19. The number of carbonyl (C=O) groups excluding carboxylic acids is 1. The lowest BCUT2D eigenvalue weighted by atomic mass is 9.99. The Morgan fingerprint density at radius 3 is 2.64 bits per heavy atom. The van der Waals surface area contributed by atoms with Crippen molar-refractivity contribution in [2.24, 2.45) is 0 Å². The standard InChI is InChI=1S/C23H20N2O3/c1-15(17-12-7-9-16-8-3-4-10-18(16)17)24-23(26)20-14-22(28-25-20)19-11-5-6-13-21(19)27-2/h3-15H,1-2H3,(H,24,26). The molecule has 0 aliphatic carbocycles. The molecule has 1 atom stereocenters. The van der Waals surface area contributed by atoms with Gasteiger partial charge in [0.2, 0.25) is 0 Å². The van der Waals surface area contributed by atoms with Crippen molar-refractivity contribution in [1.29, 1.82) is 0 Å². The number of hydrogen-bond acceptors (Lipinski definition) is 4. The van der Waals surface area contributed by atoms with E-state index in [0.717, 1.165) is 21.9 Å². The van der Waals surface area contributed by atoms with Crippen molar-refractivity contribution in [1.82, 2.24) is 10.5 Å². The minimum absolute atomic E-state index is 0.176. The predicted octanol–water partition coefficient (Wildman–Crippen LogP) is 4.99. The number of fused-ring (bicyclic) bond motifs is 1. The SMILES string of the molecule is COc1ccccc1-c1cc(C(=O)NC(C)c2cccc3ccccc23)no1. The molecule has 1 heterocycles. The largest absolute Gasteiger partial charge is 0.496 e. The second-order valence-electron chi connectivity index (χ2n) is 6.54. The summed E-state index contributed by atoms with van der Waals surface area (Å²) in [4.78, 5) is 12.7. The van der Waals surface area contributed by atoms with Crippen molar-refractivity contribution in [2.45, 2.75) is 13.0 Å². The zero-order valence-corrected chi connectivity index (χ0v) is 15.7. The summed E-state index contributed by atoms with van der Waals surface area (Å²) in [6.07, 6.45) is 0. The summed E-state index contributed by atoms with van der Waals surface area (Å²) in [5.41, 5.74) is 2.03. The Morgan fingerprint density at radius 1 is 1.04 bits per heavy atom. The van der Waals surface area contributed by atoms with Crippen LogP contribution in [0.25, 0.3) is 22.1 Å². The molecule has 0 saturated carbocycles. The molecule has 1 unspecified atom stereocenters. The molecule has 1 amide bonds. The Hall–Kier alpha value is -3.60. The zero-order valence-electron chi connectivity index (χ0n) is 15.7. The summed E-state index contributed by atoms with van der Waals surface area (Å²) >= 11 is 0. The van der Waals surface area contributed by atoms with Gasteiger partial charge in [0.25, 0.3) is 5.91 Å². The van der Waals surface area contributed by atoms with Crippen LogP contribution in [0.15, 0.2) is 77.3 Å². The van der Waals surface area contributed by atoms with Gasteiger partial charge in [0.1, 0.15) is 5.75 Å². The first-order chi connectivity index (χ1) is 13.7. The molecule has 0 aliphatic heterocycles. The number of aromatic nitrogens is 1. The molecule has 0 spiro atoms. The van der Waals surface area contributed by atoms with E-state index in [2.05, 4.69) is 28.7 Å². The Labute approximate surface area is 162 Å². The van der Waals surface area contributed by atoms with Crippen LogP contribution < -0.4 is 10.1 Å². The number of carbonyl (C=O) groups is 1. The summed E-state index contributed by atoms with van der Waals surface area (Å²) < 4.78 is 10.7. The van der Waals surface area contributed by atoms with Crippen LogP contribution in [0.3, 0.4) is 0 Å². The fourth-order valence-corrected chi connectivity index (χ4v) is 3.33. The Bertz CT molecular complexity index is 1130. The average Bonchev–Trinajstić information content (AvgIpc) is 3.23. The van der Waals surface area contributed by atoms with E-state index in [1.165, 1.54) is 0 Å². The van der Waals surface area contributed by atoms with Crippen LogP contribution in [-0.4, -0.2) is 18.2 Å². The second-order valence-corrected chi connectivity index (χ2v) is 6.54. The van der Waals surface area contributed by atoms with E-state index in [1.54, 1.807) is 13.2 Å². The predicted molar refractivity (Wildman–Crippen MR) is 108 cm³/mol.